The van der Waals surface area contributed by atoms with Crippen molar-refractivity contribution >= 4 is 33.3 Å². The van der Waals surface area contributed by atoms with Gasteiger partial charge in [0, 0.05) is 11.4 Å². The first kappa shape index (κ1) is 20.2. The van der Waals surface area contributed by atoms with Gasteiger partial charge >= 0.3 is 5.97 Å². The van der Waals surface area contributed by atoms with Gasteiger partial charge in [-0.1, -0.05) is 29.8 Å². The molecule has 0 aliphatic heterocycles. The van der Waals surface area contributed by atoms with Gasteiger partial charge in [0.25, 0.3) is 10.0 Å². The molecule has 1 amide bonds. The number of carbonyl (C=O) groups excluding carboxylic acids is 1. The molecule has 2 aromatic rings. The molecule has 2 bridgehead atoms. The smallest absolute Gasteiger partial charge is 0.307 e. The maximum Gasteiger partial charge on any atom is 0.307 e. The van der Waals surface area contributed by atoms with E-state index in [0.717, 1.165) is 5.56 Å². The number of nitrogens with one attached hydrogen (secondary N) is 2. The monoisotopic (exact) mass is 426 g/mol. The number of carboxylic acid groups (broad SMARTS) is 1. The van der Waals surface area contributed by atoms with Gasteiger partial charge < -0.3 is 10.4 Å². The van der Waals surface area contributed by atoms with Crippen molar-refractivity contribution in [3.8, 4) is 0 Å². The van der Waals surface area contributed by atoms with Gasteiger partial charge in [0.2, 0.25) is 5.91 Å². The third-order valence-electron chi connectivity index (χ3n) is 5.78. The Bertz CT molecular complexity index is 1110. The summed E-state index contributed by atoms with van der Waals surface area (Å²) in [4.78, 5) is 24.5. The summed E-state index contributed by atoms with van der Waals surface area (Å²) in [6.45, 7) is 1.88. The van der Waals surface area contributed by atoms with Crippen molar-refractivity contribution < 1.29 is 23.1 Å². The van der Waals surface area contributed by atoms with Crippen LogP contribution in [0.15, 0.2) is 65.6 Å². The van der Waals surface area contributed by atoms with Crippen LogP contribution in [0.5, 0.6) is 0 Å². The number of allylic oxidation sites excluding steroid dienone is 2. The number of aryl methyl sites for hydroxylation is 1. The van der Waals surface area contributed by atoms with E-state index in [0.29, 0.717) is 17.8 Å². The van der Waals surface area contributed by atoms with Crippen molar-refractivity contribution in [3.05, 3.63) is 66.2 Å². The molecule has 0 aromatic heterocycles. The van der Waals surface area contributed by atoms with Crippen LogP contribution in [-0.4, -0.2) is 25.4 Å². The lowest BCUT2D eigenvalue weighted by Gasteiger charge is -2.23. The number of rotatable bonds is 6. The summed E-state index contributed by atoms with van der Waals surface area (Å²) in [5, 5.41) is 12.3. The normalized spacial score (nSPS) is 24.6. The molecule has 0 heterocycles. The predicted molar refractivity (Wildman–Crippen MR) is 112 cm³/mol. The van der Waals surface area contributed by atoms with E-state index in [1.807, 2.05) is 19.1 Å². The number of carbonyl (C=O) groups is 2. The minimum atomic E-state index is -3.71. The van der Waals surface area contributed by atoms with E-state index in [1.54, 1.807) is 36.4 Å². The highest BCUT2D eigenvalue weighted by Gasteiger charge is 2.51. The molecule has 30 heavy (non-hydrogen) atoms. The number of carboxylic acids is 1. The van der Waals surface area contributed by atoms with Crippen LogP contribution in [0.3, 0.4) is 0 Å². The first-order valence-corrected chi connectivity index (χ1v) is 11.1. The number of hydrogen-bond acceptors (Lipinski definition) is 4. The van der Waals surface area contributed by atoms with E-state index in [-0.39, 0.29) is 22.6 Å². The highest BCUT2D eigenvalue weighted by atomic mass is 32.2. The Kier molecular flexibility index (Phi) is 5.11. The number of sulfonamides is 1. The lowest BCUT2D eigenvalue weighted by atomic mass is 9.82. The quantitative estimate of drug-likeness (QED) is 0.614. The van der Waals surface area contributed by atoms with Crippen molar-refractivity contribution in [2.75, 3.05) is 10.0 Å². The van der Waals surface area contributed by atoms with Crippen LogP contribution in [0.2, 0.25) is 0 Å². The standard InChI is InChI=1S/C22H22N2O5S/c1-13-2-10-18(11-3-13)30(28,29)24-17-8-6-16(7-9-17)23-21(25)19-14-4-5-15(12-14)20(19)22(26)27/h2-11,14-15,19-20,24H,12H2,1H3,(H,23,25)(H,26,27)/t14-,15-,19-,20-/m0/s1. The number of aliphatic carboxylic acids is 1. The zero-order chi connectivity index (χ0) is 21.5. The minimum Gasteiger partial charge on any atom is -0.481 e. The Labute approximate surface area is 174 Å². The second-order valence-electron chi connectivity index (χ2n) is 7.82. The molecule has 156 valence electrons. The molecule has 8 heteroatoms. The lowest BCUT2D eigenvalue weighted by molar-refractivity contribution is -0.146. The summed E-state index contributed by atoms with van der Waals surface area (Å²) >= 11 is 0. The van der Waals surface area contributed by atoms with E-state index in [9.17, 15) is 23.1 Å². The maximum atomic E-state index is 12.7. The fraction of sp³-hybridized carbons (Fsp3) is 0.273. The second-order valence-corrected chi connectivity index (χ2v) is 9.51. The Morgan fingerprint density at radius 1 is 0.900 bits per heavy atom. The number of hydrogen-bond donors (Lipinski definition) is 3. The Hall–Kier alpha value is -3.13. The van der Waals surface area contributed by atoms with Gasteiger partial charge in [-0.15, -0.1) is 0 Å². The third-order valence-corrected chi connectivity index (χ3v) is 7.18. The molecule has 7 nitrogen and oxygen atoms in total. The topological polar surface area (TPSA) is 113 Å². The summed E-state index contributed by atoms with van der Waals surface area (Å²) in [5.74, 6) is -2.74. The molecule has 0 unspecified atom stereocenters. The van der Waals surface area contributed by atoms with Crippen LogP contribution < -0.4 is 10.0 Å². The van der Waals surface area contributed by atoms with E-state index < -0.39 is 27.8 Å². The number of benzene rings is 2. The minimum absolute atomic E-state index is 0.0586. The van der Waals surface area contributed by atoms with Crippen molar-refractivity contribution in [2.45, 2.75) is 18.2 Å². The number of anilines is 2. The van der Waals surface area contributed by atoms with Gasteiger partial charge in [-0.2, -0.15) is 0 Å². The molecule has 1 fully saturated rings. The summed E-state index contributed by atoms with van der Waals surface area (Å²) in [7, 11) is -3.71. The highest BCUT2D eigenvalue weighted by molar-refractivity contribution is 7.92. The van der Waals surface area contributed by atoms with Gasteiger partial charge in [0.05, 0.1) is 16.7 Å². The maximum absolute atomic E-state index is 12.7. The summed E-state index contributed by atoms with van der Waals surface area (Å²) < 4.78 is 27.5. The third kappa shape index (κ3) is 3.82. The zero-order valence-corrected chi connectivity index (χ0v) is 17.1. The first-order valence-electron chi connectivity index (χ1n) is 9.66. The molecule has 4 rings (SSSR count). The average Bonchev–Trinajstić information content (AvgIpc) is 3.31. The zero-order valence-electron chi connectivity index (χ0n) is 16.3. The summed E-state index contributed by atoms with van der Waals surface area (Å²) in [6, 6.07) is 12.8. The molecule has 0 radical (unpaired) electrons. The molecule has 3 N–H and O–H groups in total. The summed E-state index contributed by atoms with van der Waals surface area (Å²) in [5.41, 5.74) is 1.80. The van der Waals surface area contributed by atoms with E-state index in [4.69, 9.17) is 0 Å². The summed E-state index contributed by atoms with van der Waals surface area (Å²) in [6.07, 6.45) is 4.51. The first-order chi connectivity index (χ1) is 14.2. The van der Waals surface area contributed by atoms with Gasteiger partial charge in [-0.25, -0.2) is 8.42 Å². The van der Waals surface area contributed by atoms with Gasteiger partial charge in [0.1, 0.15) is 0 Å². The molecular weight excluding hydrogens is 404 g/mol. The molecule has 2 aliphatic carbocycles. The van der Waals surface area contributed by atoms with Crippen LogP contribution in [0.4, 0.5) is 11.4 Å². The molecule has 4 atom stereocenters. The van der Waals surface area contributed by atoms with Crippen LogP contribution in [-0.2, 0) is 19.6 Å². The van der Waals surface area contributed by atoms with Crippen molar-refractivity contribution in [3.63, 3.8) is 0 Å². The Morgan fingerprint density at radius 2 is 1.47 bits per heavy atom. The molecule has 2 aliphatic rings. The average molecular weight is 426 g/mol. The van der Waals surface area contributed by atoms with Gasteiger partial charge in [-0.05, 0) is 61.6 Å². The van der Waals surface area contributed by atoms with E-state index >= 15 is 0 Å². The highest BCUT2D eigenvalue weighted by Crippen LogP contribution is 2.48. The predicted octanol–water partition coefficient (Wildman–Crippen LogP) is 3.26. The molecular formula is C22H22N2O5S. The molecule has 0 saturated heterocycles. The lowest BCUT2D eigenvalue weighted by Crippen LogP contribution is -2.36. The molecule has 2 aromatic carbocycles. The van der Waals surface area contributed by atoms with E-state index in [2.05, 4.69) is 10.0 Å². The van der Waals surface area contributed by atoms with E-state index in [1.165, 1.54) is 12.1 Å². The van der Waals surface area contributed by atoms with Crippen molar-refractivity contribution in [2.24, 2.45) is 23.7 Å². The second kappa shape index (κ2) is 7.60. The SMILES string of the molecule is Cc1ccc(S(=O)(=O)Nc2ccc(NC(=O)[C@@H]3[C@@H](C(=O)O)[C@H]4C=C[C@H]3C4)cc2)cc1. The van der Waals surface area contributed by atoms with Crippen LogP contribution in [0, 0.1) is 30.6 Å². The Balaban J connectivity index is 1.44. The van der Waals surface area contributed by atoms with Gasteiger partial charge in [-0.3, -0.25) is 14.3 Å². The molecule has 1 saturated carbocycles. The fourth-order valence-electron chi connectivity index (χ4n) is 4.30. The van der Waals surface area contributed by atoms with Crippen LogP contribution >= 0.6 is 0 Å². The van der Waals surface area contributed by atoms with Crippen molar-refractivity contribution in [1.29, 1.82) is 0 Å². The largest absolute Gasteiger partial charge is 0.481 e. The van der Waals surface area contributed by atoms with Crippen LogP contribution in [0.1, 0.15) is 12.0 Å². The number of fused-ring (bicyclic) bond motifs is 2. The van der Waals surface area contributed by atoms with Crippen LogP contribution in [0.25, 0.3) is 0 Å². The van der Waals surface area contributed by atoms with Crippen molar-refractivity contribution in [1.82, 2.24) is 0 Å². The number of amides is 1. The van der Waals surface area contributed by atoms with Gasteiger partial charge in [0.15, 0.2) is 0 Å². The Morgan fingerprint density at radius 3 is 2.07 bits per heavy atom. The fourth-order valence-corrected chi connectivity index (χ4v) is 5.35. The molecule has 0 spiro atoms.